The number of aryl methyl sites for hydroxylation is 1. The van der Waals surface area contributed by atoms with Gasteiger partial charge in [0.2, 0.25) is 0 Å². The van der Waals surface area contributed by atoms with Gasteiger partial charge in [0.15, 0.2) is 5.96 Å². The largest absolute Gasteiger partial charge is 0.370 e. The van der Waals surface area contributed by atoms with Crippen molar-refractivity contribution in [3.05, 3.63) is 46.5 Å². The lowest BCUT2D eigenvalue weighted by Gasteiger charge is -2.05. The Morgan fingerprint density at radius 2 is 2.24 bits per heavy atom. The Balaban J connectivity index is 2.56. The van der Waals surface area contributed by atoms with Gasteiger partial charge in [-0.05, 0) is 31.0 Å². The van der Waals surface area contributed by atoms with Gasteiger partial charge in [-0.1, -0.05) is 35.9 Å². The third-order valence-electron chi connectivity index (χ3n) is 2.23. The number of hydrogen-bond donors (Lipinski definition) is 2. The van der Waals surface area contributed by atoms with Crippen LogP contribution in [0.1, 0.15) is 18.1 Å². The molecule has 0 fully saturated rings. The van der Waals surface area contributed by atoms with Crippen LogP contribution in [0.25, 0.3) is 0 Å². The summed E-state index contributed by atoms with van der Waals surface area (Å²) in [7, 11) is 0. The molecule has 0 unspecified atom stereocenters. The lowest BCUT2D eigenvalue weighted by molar-refractivity contribution is 0.939. The van der Waals surface area contributed by atoms with Crippen molar-refractivity contribution in [2.45, 2.75) is 20.4 Å². The number of guanidine groups is 1. The summed E-state index contributed by atoms with van der Waals surface area (Å²) in [5, 5.41) is 3.75. The Hall–Kier alpha value is -1.48. The van der Waals surface area contributed by atoms with E-state index in [2.05, 4.69) is 16.9 Å². The van der Waals surface area contributed by atoms with E-state index in [1.165, 1.54) is 0 Å². The molecule has 0 heterocycles. The first kappa shape index (κ1) is 13.6. The van der Waals surface area contributed by atoms with Crippen molar-refractivity contribution >= 4 is 17.6 Å². The van der Waals surface area contributed by atoms with Crippen LogP contribution < -0.4 is 11.1 Å². The van der Waals surface area contributed by atoms with E-state index in [9.17, 15) is 0 Å². The Kier molecular flexibility index (Phi) is 5.04. The molecule has 1 aromatic carbocycles. The molecule has 0 saturated heterocycles. The maximum absolute atomic E-state index is 5.95. The van der Waals surface area contributed by atoms with Crippen molar-refractivity contribution in [3.8, 4) is 0 Å². The molecule has 1 rings (SSSR count). The number of rotatable bonds is 4. The molecule has 0 spiro atoms. The molecular weight excluding hydrogens is 234 g/mol. The van der Waals surface area contributed by atoms with E-state index < -0.39 is 0 Å². The zero-order valence-corrected chi connectivity index (χ0v) is 11.0. The van der Waals surface area contributed by atoms with Gasteiger partial charge in [-0.15, -0.1) is 0 Å². The van der Waals surface area contributed by atoms with Crippen LogP contribution in [-0.2, 0) is 6.54 Å². The molecule has 0 bridgehead atoms. The van der Waals surface area contributed by atoms with Crippen LogP contribution in [0.5, 0.6) is 0 Å². The van der Waals surface area contributed by atoms with Crippen molar-refractivity contribution in [2.75, 3.05) is 6.54 Å². The first-order chi connectivity index (χ1) is 7.99. The molecule has 0 aliphatic rings. The highest BCUT2D eigenvalue weighted by Gasteiger charge is 1.97. The molecule has 4 heteroatoms. The average molecular weight is 252 g/mol. The molecule has 0 amide bonds. The maximum atomic E-state index is 5.95. The zero-order valence-electron chi connectivity index (χ0n) is 10.3. The molecule has 0 aliphatic heterocycles. The fourth-order valence-corrected chi connectivity index (χ4v) is 1.40. The standard InChI is InChI=1S/C13H18ClN3/c1-9(2)7-16-13(15)17-8-11-4-5-12(14)10(3)6-11/h4-6H,1,7-8H2,2-3H3,(H3,15,16,17). The Labute approximate surface area is 107 Å². The van der Waals surface area contributed by atoms with E-state index in [1.54, 1.807) is 0 Å². The Morgan fingerprint density at radius 3 is 2.82 bits per heavy atom. The van der Waals surface area contributed by atoms with Crippen LogP contribution in [0.2, 0.25) is 5.02 Å². The Bertz CT molecular complexity index is 438. The van der Waals surface area contributed by atoms with Gasteiger partial charge in [0.05, 0.1) is 6.54 Å². The van der Waals surface area contributed by atoms with Gasteiger partial charge >= 0.3 is 0 Å². The summed E-state index contributed by atoms with van der Waals surface area (Å²) in [6.07, 6.45) is 0. The molecular formula is C13H18ClN3. The number of benzene rings is 1. The first-order valence-corrected chi connectivity index (χ1v) is 5.80. The van der Waals surface area contributed by atoms with Crippen molar-refractivity contribution in [3.63, 3.8) is 0 Å². The highest BCUT2D eigenvalue weighted by Crippen LogP contribution is 2.16. The van der Waals surface area contributed by atoms with E-state index >= 15 is 0 Å². The summed E-state index contributed by atoms with van der Waals surface area (Å²) >= 11 is 5.95. The minimum absolute atomic E-state index is 0.431. The van der Waals surface area contributed by atoms with Gasteiger partial charge in [0, 0.05) is 11.6 Å². The fraction of sp³-hybridized carbons (Fsp3) is 0.308. The minimum Gasteiger partial charge on any atom is -0.370 e. The summed E-state index contributed by atoms with van der Waals surface area (Å²) in [6.45, 7) is 8.88. The number of aliphatic imine (C=N–C) groups is 1. The number of halogens is 1. The monoisotopic (exact) mass is 251 g/mol. The number of nitrogens with zero attached hydrogens (tertiary/aromatic N) is 1. The van der Waals surface area contributed by atoms with Gasteiger partial charge in [0.1, 0.15) is 0 Å². The van der Waals surface area contributed by atoms with Gasteiger partial charge in [-0.3, -0.25) is 0 Å². The van der Waals surface area contributed by atoms with Gasteiger partial charge in [-0.25, -0.2) is 4.99 Å². The molecule has 92 valence electrons. The summed E-state index contributed by atoms with van der Waals surface area (Å²) in [6, 6.07) is 5.84. The third-order valence-corrected chi connectivity index (χ3v) is 2.65. The topological polar surface area (TPSA) is 50.4 Å². The van der Waals surface area contributed by atoms with Crippen molar-refractivity contribution in [1.82, 2.24) is 5.32 Å². The number of nitrogens with one attached hydrogen (secondary N) is 1. The third kappa shape index (κ3) is 4.91. The molecule has 0 atom stereocenters. The van der Waals surface area contributed by atoms with Crippen molar-refractivity contribution < 1.29 is 0 Å². The minimum atomic E-state index is 0.431. The molecule has 3 nitrogen and oxygen atoms in total. The lowest BCUT2D eigenvalue weighted by atomic mass is 10.1. The summed E-state index contributed by atoms with van der Waals surface area (Å²) in [5.74, 6) is 0.431. The predicted molar refractivity (Wildman–Crippen MR) is 74.3 cm³/mol. The SMILES string of the molecule is C=C(C)CNC(N)=NCc1ccc(Cl)c(C)c1. The van der Waals surface area contributed by atoms with E-state index in [4.69, 9.17) is 17.3 Å². The summed E-state index contributed by atoms with van der Waals surface area (Å²) < 4.78 is 0. The number of nitrogens with two attached hydrogens (primary N) is 1. The van der Waals surface area contributed by atoms with Crippen LogP contribution in [0, 0.1) is 6.92 Å². The van der Waals surface area contributed by atoms with Crippen molar-refractivity contribution in [1.29, 1.82) is 0 Å². The van der Waals surface area contributed by atoms with Crippen LogP contribution in [-0.4, -0.2) is 12.5 Å². The zero-order chi connectivity index (χ0) is 12.8. The fourth-order valence-electron chi connectivity index (χ4n) is 1.28. The second-order valence-corrected chi connectivity index (χ2v) is 4.50. The van der Waals surface area contributed by atoms with Crippen LogP contribution in [0.4, 0.5) is 0 Å². The highest BCUT2D eigenvalue weighted by molar-refractivity contribution is 6.31. The molecule has 17 heavy (non-hydrogen) atoms. The molecule has 1 aromatic rings. The Morgan fingerprint density at radius 1 is 1.53 bits per heavy atom. The normalized spacial score (nSPS) is 11.4. The van der Waals surface area contributed by atoms with E-state index in [1.807, 2.05) is 32.0 Å². The molecule has 3 N–H and O–H groups in total. The van der Waals surface area contributed by atoms with Gasteiger partial charge < -0.3 is 11.1 Å². The van der Waals surface area contributed by atoms with E-state index in [0.717, 1.165) is 21.7 Å². The maximum Gasteiger partial charge on any atom is 0.189 e. The molecule has 0 aliphatic carbocycles. The average Bonchev–Trinajstić information content (AvgIpc) is 2.28. The van der Waals surface area contributed by atoms with Crippen molar-refractivity contribution in [2.24, 2.45) is 10.7 Å². The van der Waals surface area contributed by atoms with Gasteiger partial charge in [-0.2, -0.15) is 0 Å². The quantitative estimate of drug-likeness (QED) is 0.491. The number of hydrogen-bond acceptors (Lipinski definition) is 1. The molecule has 0 radical (unpaired) electrons. The van der Waals surface area contributed by atoms with Gasteiger partial charge in [0.25, 0.3) is 0 Å². The summed E-state index contributed by atoms with van der Waals surface area (Å²) in [4.78, 5) is 4.24. The van der Waals surface area contributed by atoms with Crippen LogP contribution in [0.3, 0.4) is 0 Å². The predicted octanol–water partition coefficient (Wildman–Crippen LogP) is 2.63. The molecule has 0 saturated carbocycles. The van der Waals surface area contributed by atoms with E-state index in [-0.39, 0.29) is 0 Å². The molecule has 0 aromatic heterocycles. The first-order valence-electron chi connectivity index (χ1n) is 5.42. The second-order valence-electron chi connectivity index (χ2n) is 4.10. The lowest BCUT2D eigenvalue weighted by Crippen LogP contribution is -2.32. The summed E-state index contributed by atoms with van der Waals surface area (Å²) in [5.41, 5.74) is 8.87. The highest BCUT2D eigenvalue weighted by atomic mass is 35.5. The van der Waals surface area contributed by atoms with E-state index in [0.29, 0.717) is 19.0 Å². The van der Waals surface area contributed by atoms with Crippen LogP contribution in [0.15, 0.2) is 35.3 Å². The second kappa shape index (κ2) is 6.30. The van der Waals surface area contributed by atoms with Crippen LogP contribution >= 0.6 is 11.6 Å². The smallest absolute Gasteiger partial charge is 0.189 e.